The minimum absolute atomic E-state index is 0.626. The van der Waals surface area contributed by atoms with Gasteiger partial charge in [0, 0.05) is 24.2 Å². The number of thioether (sulfide) groups is 1. The molecule has 0 saturated carbocycles. The molecule has 22 heavy (non-hydrogen) atoms. The molecule has 3 nitrogen and oxygen atoms in total. The van der Waals surface area contributed by atoms with Crippen LogP contribution in [0.4, 0.5) is 5.69 Å². The molecule has 1 unspecified atom stereocenters. The molecule has 1 aromatic rings. The van der Waals surface area contributed by atoms with Crippen molar-refractivity contribution in [2.75, 3.05) is 31.2 Å². The zero-order valence-electron chi connectivity index (χ0n) is 13.4. The number of hydrogen-bond acceptors (Lipinski definition) is 4. The SMILES string of the molecule is Cc1cccc2c1N(C1CCOCC1)C(C1CCNCC1)S2. The fourth-order valence-electron chi connectivity index (χ4n) is 4.18. The highest BCUT2D eigenvalue weighted by molar-refractivity contribution is 8.00. The molecule has 3 aliphatic heterocycles. The van der Waals surface area contributed by atoms with Gasteiger partial charge < -0.3 is 15.0 Å². The topological polar surface area (TPSA) is 24.5 Å². The van der Waals surface area contributed by atoms with Crippen molar-refractivity contribution >= 4 is 17.4 Å². The summed E-state index contributed by atoms with van der Waals surface area (Å²) in [5, 5.41) is 4.14. The van der Waals surface area contributed by atoms with Gasteiger partial charge in [0.25, 0.3) is 0 Å². The van der Waals surface area contributed by atoms with E-state index >= 15 is 0 Å². The lowest BCUT2D eigenvalue weighted by Crippen LogP contribution is -2.48. The zero-order valence-corrected chi connectivity index (χ0v) is 14.2. The number of ether oxygens (including phenoxy) is 1. The molecule has 0 bridgehead atoms. The van der Waals surface area contributed by atoms with Gasteiger partial charge in [-0.05, 0) is 63.2 Å². The Morgan fingerprint density at radius 3 is 2.68 bits per heavy atom. The Balaban J connectivity index is 1.67. The van der Waals surface area contributed by atoms with E-state index in [1.165, 1.54) is 54.9 Å². The van der Waals surface area contributed by atoms with Gasteiger partial charge in [-0.2, -0.15) is 0 Å². The minimum Gasteiger partial charge on any atom is -0.381 e. The van der Waals surface area contributed by atoms with Crippen LogP contribution in [0.2, 0.25) is 0 Å². The molecule has 0 radical (unpaired) electrons. The molecule has 4 rings (SSSR count). The molecule has 0 aromatic heterocycles. The highest BCUT2D eigenvalue weighted by Crippen LogP contribution is 2.50. The number of nitrogens with one attached hydrogen (secondary N) is 1. The van der Waals surface area contributed by atoms with Crippen LogP contribution in [0.1, 0.15) is 31.2 Å². The van der Waals surface area contributed by atoms with Gasteiger partial charge in [0.15, 0.2) is 0 Å². The number of nitrogens with zero attached hydrogens (tertiary/aromatic N) is 1. The molecule has 0 aliphatic carbocycles. The highest BCUT2D eigenvalue weighted by Gasteiger charge is 2.40. The molecule has 1 aromatic carbocycles. The molecule has 0 amide bonds. The Morgan fingerprint density at radius 1 is 1.14 bits per heavy atom. The lowest BCUT2D eigenvalue weighted by atomic mass is 9.94. The fourth-order valence-corrected chi connectivity index (χ4v) is 5.83. The van der Waals surface area contributed by atoms with Crippen molar-refractivity contribution in [2.24, 2.45) is 5.92 Å². The van der Waals surface area contributed by atoms with Gasteiger partial charge in [0.2, 0.25) is 0 Å². The van der Waals surface area contributed by atoms with Crippen LogP contribution in [0, 0.1) is 12.8 Å². The third-order valence-corrected chi connectivity index (χ3v) is 6.79. The Bertz CT molecular complexity index is 524. The van der Waals surface area contributed by atoms with Crippen molar-refractivity contribution in [1.29, 1.82) is 0 Å². The lowest BCUT2D eigenvalue weighted by molar-refractivity contribution is 0.0828. The summed E-state index contributed by atoms with van der Waals surface area (Å²) >= 11 is 2.12. The van der Waals surface area contributed by atoms with E-state index in [9.17, 15) is 0 Å². The van der Waals surface area contributed by atoms with Crippen molar-refractivity contribution in [1.82, 2.24) is 5.32 Å². The van der Waals surface area contributed by atoms with E-state index in [-0.39, 0.29) is 0 Å². The summed E-state index contributed by atoms with van der Waals surface area (Å²) in [5.74, 6) is 0.806. The molecular weight excluding hydrogens is 292 g/mol. The van der Waals surface area contributed by atoms with E-state index in [4.69, 9.17) is 4.74 Å². The number of hydrogen-bond donors (Lipinski definition) is 1. The van der Waals surface area contributed by atoms with Crippen LogP contribution in [0.15, 0.2) is 23.1 Å². The first kappa shape index (κ1) is 14.9. The average molecular weight is 318 g/mol. The summed E-state index contributed by atoms with van der Waals surface area (Å²) in [6.07, 6.45) is 4.97. The predicted molar refractivity (Wildman–Crippen MR) is 92.7 cm³/mol. The average Bonchev–Trinajstić information content (AvgIpc) is 2.97. The van der Waals surface area contributed by atoms with Gasteiger partial charge in [0.1, 0.15) is 0 Å². The number of anilines is 1. The van der Waals surface area contributed by atoms with Crippen LogP contribution in [-0.4, -0.2) is 37.7 Å². The number of rotatable bonds is 2. The van der Waals surface area contributed by atoms with Crippen LogP contribution in [0.25, 0.3) is 0 Å². The van der Waals surface area contributed by atoms with Crippen LogP contribution in [-0.2, 0) is 4.74 Å². The maximum absolute atomic E-state index is 5.61. The third-order valence-electron chi connectivity index (χ3n) is 5.35. The second kappa shape index (κ2) is 6.42. The summed E-state index contributed by atoms with van der Waals surface area (Å²) in [4.78, 5) is 4.28. The van der Waals surface area contributed by atoms with E-state index in [0.717, 1.165) is 19.1 Å². The Labute approximate surface area is 137 Å². The van der Waals surface area contributed by atoms with E-state index in [0.29, 0.717) is 11.4 Å². The van der Waals surface area contributed by atoms with E-state index in [1.807, 2.05) is 0 Å². The quantitative estimate of drug-likeness (QED) is 0.903. The van der Waals surface area contributed by atoms with Gasteiger partial charge in [-0.15, -0.1) is 0 Å². The minimum atomic E-state index is 0.626. The van der Waals surface area contributed by atoms with Crippen LogP contribution >= 0.6 is 11.8 Å². The van der Waals surface area contributed by atoms with Crippen molar-refractivity contribution in [3.63, 3.8) is 0 Å². The van der Waals surface area contributed by atoms with E-state index < -0.39 is 0 Å². The molecular formula is C18H26N2OS. The van der Waals surface area contributed by atoms with Gasteiger partial charge in [-0.1, -0.05) is 23.9 Å². The van der Waals surface area contributed by atoms with Gasteiger partial charge >= 0.3 is 0 Å². The summed E-state index contributed by atoms with van der Waals surface area (Å²) in [6.45, 7) is 6.48. The monoisotopic (exact) mass is 318 g/mol. The molecule has 1 N–H and O–H groups in total. The molecule has 120 valence electrons. The standard InChI is InChI=1S/C18H26N2OS/c1-13-3-2-4-16-17(13)20(15-7-11-21-12-8-15)18(22-16)14-5-9-19-10-6-14/h2-4,14-15,18-19H,5-12H2,1H3. The largest absolute Gasteiger partial charge is 0.381 e. The maximum atomic E-state index is 5.61. The summed E-state index contributed by atoms with van der Waals surface area (Å²) in [7, 11) is 0. The molecule has 2 fully saturated rings. The zero-order chi connectivity index (χ0) is 14.9. The van der Waals surface area contributed by atoms with Gasteiger partial charge in [-0.25, -0.2) is 0 Å². The number of para-hydroxylation sites is 1. The maximum Gasteiger partial charge on any atom is 0.0830 e. The second-order valence-corrected chi connectivity index (χ2v) is 7.93. The van der Waals surface area contributed by atoms with Gasteiger partial charge in [-0.3, -0.25) is 0 Å². The normalized spacial score (nSPS) is 27.1. The van der Waals surface area contributed by atoms with E-state index in [2.05, 4.69) is 47.1 Å². The summed E-state index contributed by atoms with van der Waals surface area (Å²) in [6, 6.07) is 7.47. The molecule has 2 saturated heterocycles. The molecule has 3 aliphatic rings. The van der Waals surface area contributed by atoms with Crippen molar-refractivity contribution < 1.29 is 4.74 Å². The molecule has 4 heteroatoms. The van der Waals surface area contributed by atoms with Crippen molar-refractivity contribution in [3.05, 3.63) is 23.8 Å². The first-order valence-electron chi connectivity index (χ1n) is 8.67. The van der Waals surface area contributed by atoms with Crippen LogP contribution in [0.5, 0.6) is 0 Å². The second-order valence-electron chi connectivity index (χ2n) is 6.77. The smallest absolute Gasteiger partial charge is 0.0830 e. The number of fused-ring (bicyclic) bond motifs is 1. The van der Waals surface area contributed by atoms with Gasteiger partial charge in [0.05, 0.1) is 11.1 Å². The Morgan fingerprint density at radius 2 is 1.91 bits per heavy atom. The number of piperidine rings is 1. The van der Waals surface area contributed by atoms with Crippen LogP contribution < -0.4 is 10.2 Å². The fraction of sp³-hybridized carbons (Fsp3) is 0.667. The number of benzene rings is 1. The van der Waals surface area contributed by atoms with Crippen molar-refractivity contribution in [3.8, 4) is 0 Å². The summed E-state index contributed by atoms with van der Waals surface area (Å²) in [5.41, 5.74) is 2.95. The lowest BCUT2D eigenvalue weighted by Gasteiger charge is -2.41. The number of aryl methyl sites for hydroxylation is 1. The van der Waals surface area contributed by atoms with Crippen molar-refractivity contribution in [2.45, 2.75) is 48.9 Å². The Kier molecular flexibility index (Phi) is 4.34. The molecule has 0 spiro atoms. The summed E-state index contributed by atoms with van der Waals surface area (Å²) < 4.78 is 5.61. The third kappa shape index (κ3) is 2.66. The highest BCUT2D eigenvalue weighted by atomic mass is 32.2. The molecule has 3 heterocycles. The molecule has 1 atom stereocenters. The van der Waals surface area contributed by atoms with Crippen LogP contribution in [0.3, 0.4) is 0 Å². The Hall–Kier alpha value is -0.710. The first-order chi connectivity index (χ1) is 10.8. The predicted octanol–water partition coefficient (Wildman–Crippen LogP) is 3.41. The first-order valence-corrected chi connectivity index (χ1v) is 9.55. The van der Waals surface area contributed by atoms with E-state index in [1.54, 1.807) is 0 Å².